The number of aliphatic hydroxyl groups is 1. The minimum atomic E-state index is -0.738. The van der Waals surface area contributed by atoms with Crippen molar-refractivity contribution >= 4 is 19.5 Å². The molecular formula is C16H20BFO4. The summed E-state index contributed by atoms with van der Waals surface area (Å²) >= 11 is 0. The first-order valence-corrected chi connectivity index (χ1v) is 7.12. The van der Waals surface area contributed by atoms with Gasteiger partial charge in [-0.1, -0.05) is 6.08 Å². The van der Waals surface area contributed by atoms with Crippen LogP contribution in [0.5, 0.6) is 0 Å². The molecule has 1 aromatic carbocycles. The van der Waals surface area contributed by atoms with E-state index in [9.17, 15) is 14.3 Å². The van der Waals surface area contributed by atoms with Crippen LogP contribution >= 0.6 is 0 Å². The quantitative estimate of drug-likeness (QED) is 0.686. The maximum atomic E-state index is 13.4. The van der Waals surface area contributed by atoms with Crippen LogP contribution in [0, 0.1) is 5.82 Å². The minimum absolute atomic E-state index is 0.314. The third kappa shape index (κ3) is 3.14. The number of hydrogen-bond donors (Lipinski definition) is 1. The third-order valence-corrected chi connectivity index (χ3v) is 4.26. The normalized spacial score (nSPS) is 20.3. The number of hydrogen-bond acceptors (Lipinski definition) is 4. The molecule has 0 amide bonds. The summed E-state index contributed by atoms with van der Waals surface area (Å²) in [5.41, 5.74) is 0.0767. The van der Waals surface area contributed by atoms with E-state index in [2.05, 4.69) is 0 Å². The van der Waals surface area contributed by atoms with Crippen LogP contribution in [0.3, 0.4) is 0 Å². The molecule has 1 heterocycles. The zero-order valence-corrected chi connectivity index (χ0v) is 13.2. The van der Waals surface area contributed by atoms with Crippen molar-refractivity contribution < 1.29 is 23.6 Å². The Morgan fingerprint density at radius 1 is 1.23 bits per heavy atom. The predicted molar refractivity (Wildman–Crippen MR) is 82.9 cm³/mol. The van der Waals surface area contributed by atoms with Crippen LogP contribution in [0.25, 0.3) is 6.08 Å². The van der Waals surface area contributed by atoms with E-state index in [0.717, 1.165) is 0 Å². The van der Waals surface area contributed by atoms with Gasteiger partial charge < -0.3 is 14.4 Å². The summed E-state index contributed by atoms with van der Waals surface area (Å²) < 4.78 is 25.1. The highest BCUT2D eigenvalue weighted by molar-refractivity contribution is 6.55. The topological polar surface area (TPSA) is 55.8 Å². The molecule has 1 saturated heterocycles. The molecule has 1 N–H and O–H groups in total. The zero-order chi connectivity index (χ0) is 16.5. The summed E-state index contributed by atoms with van der Waals surface area (Å²) in [6.45, 7) is 7.30. The van der Waals surface area contributed by atoms with E-state index in [0.29, 0.717) is 22.9 Å². The van der Waals surface area contributed by atoms with Gasteiger partial charge in [-0.2, -0.15) is 0 Å². The van der Waals surface area contributed by atoms with Crippen molar-refractivity contribution in [2.75, 3.05) is 6.61 Å². The molecule has 1 fully saturated rings. The second-order valence-electron chi connectivity index (χ2n) is 6.36. The predicted octanol–water partition coefficient (Wildman–Crippen LogP) is 2.65. The van der Waals surface area contributed by atoms with E-state index in [1.807, 2.05) is 27.7 Å². The number of carbonyl (C=O) groups is 1. The molecule has 118 valence electrons. The monoisotopic (exact) mass is 306 g/mol. The Balaban J connectivity index is 2.38. The van der Waals surface area contributed by atoms with E-state index >= 15 is 0 Å². The third-order valence-electron chi connectivity index (χ3n) is 4.26. The number of carbonyl (C=O) groups excluding carboxylic acids is 1. The summed E-state index contributed by atoms with van der Waals surface area (Å²) in [4.78, 5) is 11.1. The van der Waals surface area contributed by atoms with Crippen molar-refractivity contribution in [3.05, 3.63) is 40.6 Å². The number of aliphatic hydroxyl groups excluding tert-OH is 1. The standard InChI is InChI=1S/C16H20BFO4/c1-15(2)16(3,4)22-17(21-15)13(10-20)7-12-8-14(18)6-5-11(12)9-19/h5-9,20H,10H2,1-4H3. The molecule has 4 nitrogen and oxygen atoms in total. The first-order valence-electron chi connectivity index (χ1n) is 7.12. The van der Waals surface area contributed by atoms with Gasteiger partial charge in [0.15, 0.2) is 6.29 Å². The molecule has 0 atom stereocenters. The average molecular weight is 306 g/mol. The summed E-state index contributed by atoms with van der Waals surface area (Å²) in [7, 11) is -0.738. The molecule has 1 aromatic rings. The first-order chi connectivity index (χ1) is 10.2. The van der Waals surface area contributed by atoms with E-state index in [1.54, 1.807) is 0 Å². The number of rotatable bonds is 4. The van der Waals surface area contributed by atoms with Gasteiger partial charge in [-0.15, -0.1) is 0 Å². The van der Waals surface area contributed by atoms with Crippen LogP contribution in [0.1, 0.15) is 43.6 Å². The van der Waals surface area contributed by atoms with Gasteiger partial charge >= 0.3 is 7.12 Å². The second-order valence-corrected chi connectivity index (χ2v) is 6.36. The van der Waals surface area contributed by atoms with Gasteiger partial charge in [0.1, 0.15) is 5.82 Å². The van der Waals surface area contributed by atoms with Gasteiger partial charge in [-0.05, 0) is 56.9 Å². The molecule has 0 aliphatic carbocycles. The first kappa shape index (κ1) is 16.9. The highest BCUT2D eigenvalue weighted by atomic mass is 19.1. The van der Waals surface area contributed by atoms with Gasteiger partial charge in [-0.25, -0.2) is 4.39 Å². The smallest absolute Gasteiger partial charge is 0.400 e. The Morgan fingerprint density at radius 2 is 1.82 bits per heavy atom. The molecule has 0 bridgehead atoms. The zero-order valence-electron chi connectivity index (χ0n) is 13.2. The van der Waals surface area contributed by atoms with Crippen molar-refractivity contribution in [3.8, 4) is 0 Å². The molecule has 0 saturated carbocycles. The Bertz CT molecular complexity index is 594. The van der Waals surface area contributed by atoms with E-state index in [1.165, 1.54) is 24.3 Å². The highest BCUT2D eigenvalue weighted by Gasteiger charge is 2.52. The molecule has 22 heavy (non-hydrogen) atoms. The number of halogens is 1. The Kier molecular flexibility index (Phi) is 4.56. The number of aldehydes is 1. The summed E-state index contributed by atoms with van der Waals surface area (Å²) in [5, 5.41) is 9.61. The summed E-state index contributed by atoms with van der Waals surface area (Å²) in [6, 6.07) is 3.85. The fourth-order valence-electron chi connectivity index (χ4n) is 2.16. The van der Waals surface area contributed by atoms with Crippen molar-refractivity contribution in [2.24, 2.45) is 0 Å². The fraction of sp³-hybridized carbons (Fsp3) is 0.438. The van der Waals surface area contributed by atoms with Crippen molar-refractivity contribution in [1.82, 2.24) is 0 Å². The molecule has 2 rings (SSSR count). The van der Waals surface area contributed by atoms with Crippen LogP contribution in [-0.2, 0) is 9.31 Å². The lowest BCUT2D eigenvalue weighted by Gasteiger charge is -2.32. The van der Waals surface area contributed by atoms with Gasteiger partial charge in [0.2, 0.25) is 0 Å². The van der Waals surface area contributed by atoms with Crippen LogP contribution in [0.15, 0.2) is 23.7 Å². The number of benzene rings is 1. The molecule has 1 aliphatic heterocycles. The maximum absolute atomic E-state index is 13.4. The lowest BCUT2D eigenvalue weighted by molar-refractivity contribution is 0.00578. The second kappa shape index (κ2) is 5.95. The van der Waals surface area contributed by atoms with E-state index in [4.69, 9.17) is 9.31 Å². The van der Waals surface area contributed by atoms with Gasteiger partial charge in [0.25, 0.3) is 0 Å². The lowest BCUT2D eigenvalue weighted by Crippen LogP contribution is -2.41. The van der Waals surface area contributed by atoms with Crippen molar-refractivity contribution in [1.29, 1.82) is 0 Å². The summed E-state index contributed by atoms with van der Waals surface area (Å²) in [5.74, 6) is -0.456. The maximum Gasteiger partial charge on any atom is 0.492 e. The molecule has 0 unspecified atom stereocenters. The van der Waals surface area contributed by atoms with Gasteiger partial charge in [0, 0.05) is 5.56 Å². The molecule has 0 spiro atoms. The van der Waals surface area contributed by atoms with Crippen molar-refractivity contribution in [2.45, 2.75) is 38.9 Å². The molecule has 1 aliphatic rings. The SMILES string of the molecule is CC1(C)OB(C(=Cc2cc(F)ccc2C=O)CO)OC1(C)C. The highest BCUT2D eigenvalue weighted by Crippen LogP contribution is 2.38. The van der Waals surface area contributed by atoms with Crippen LogP contribution in [0.4, 0.5) is 4.39 Å². The minimum Gasteiger partial charge on any atom is -0.400 e. The van der Waals surface area contributed by atoms with Crippen LogP contribution < -0.4 is 0 Å². The van der Waals surface area contributed by atoms with Gasteiger partial charge in [0.05, 0.1) is 17.8 Å². The fourth-order valence-corrected chi connectivity index (χ4v) is 2.16. The molecule has 0 radical (unpaired) electrons. The molecule has 0 aromatic heterocycles. The Labute approximate surface area is 130 Å². The van der Waals surface area contributed by atoms with E-state index < -0.39 is 24.1 Å². The Morgan fingerprint density at radius 3 is 2.32 bits per heavy atom. The Hall–Kier alpha value is -1.50. The van der Waals surface area contributed by atoms with Crippen LogP contribution in [0.2, 0.25) is 0 Å². The largest absolute Gasteiger partial charge is 0.492 e. The van der Waals surface area contributed by atoms with E-state index in [-0.39, 0.29) is 6.61 Å². The molecule has 6 heteroatoms. The lowest BCUT2D eigenvalue weighted by atomic mass is 9.77. The summed E-state index contributed by atoms with van der Waals surface area (Å²) in [6.07, 6.45) is 2.18. The van der Waals surface area contributed by atoms with Gasteiger partial charge in [-0.3, -0.25) is 4.79 Å². The van der Waals surface area contributed by atoms with Crippen molar-refractivity contribution in [3.63, 3.8) is 0 Å². The average Bonchev–Trinajstić information content (AvgIpc) is 2.64. The van der Waals surface area contributed by atoms with Crippen LogP contribution in [-0.4, -0.2) is 36.3 Å². The molecular weight excluding hydrogens is 286 g/mol.